The number of pyridine rings is 1. The largest absolute Gasteiger partial charge is 0.355 e. The van der Waals surface area contributed by atoms with Crippen LogP contribution in [-0.4, -0.2) is 15.8 Å². The molecule has 0 aliphatic rings. The van der Waals surface area contributed by atoms with Crippen LogP contribution in [0.15, 0.2) is 54.7 Å². The summed E-state index contributed by atoms with van der Waals surface area (Å²) in [5.74, 6) is -0.136. The highest BCUT2D eigenvalue weighted by molar-refractivity contribution is 5.94. The van der Waals surface area contributed by atoms with Crippen molar-refractivity contribution in [3.63, 3.8) is 0 Å². The van der Waals surface area contributed by atoms with E-state index in [0.717, 1.165) is 11.4 Å². The summed E-state index contributed by atoms with van der Waals surface area (Å²) in [6.07, 6.45) is 1.64. The molecule has 0 aliphatic heterocycles. The van der Waals surface area contributed by atoms with E-state index in [0.29, 0.717) is 16.6 Å². The van der Waals surface area contributed by atoms with Crippen molar-refractivity contribution in [3.8, 4) is 0 Å². The fourth-order valence-corrected chi connectivity index (χ4v) is 2.35. The first kappa shape index (κ1) is 15.4. The van der Waals surface area contributed by atoms with E-state index in [2.05, 4.69) is 15.6 Å². The molecule has 0 saturated carbocycles. The lowest BCUT2D eigenvalue weighted by molar-refractivity contribution is -0.384. The average Bonchev–Trinajstić information content (AvgIpc) is 2.56. The number of amides is 1. The van der Waals surface area contributed by atoms with Gasteiger partial charge in [0.1, 0.15) is 0 Å². The van der Waals surface area contributed by atoms with Crippen molar-refractivity contribution in [2.45, 2.75) is 6.92 Å². The summed E-state index contributed by atoms with van der Waals surface area (Å²) >= 11 is 0. The average molecular weight is 322 g/mol. The van der Waals surface area contributed by atoms with Gasteiger partial charge in [0.2, 0.25) is 5.91 Å². The molecule has 0 atom stereocenters. The van der Waals surface area contributed by atoms with E-state index in [1.165, 1.54) is 19.1 Å². The predicted octanol–water partition coefficient (Wildman–Crippen LogP) is 3.85. The van der Waals surface area contributed by atoms with Crippen LogP contribution in [0.1, 0.15) is 6.92 Å². The molecule has 7 heteroatoms. The van der Waals surface area contributed by atoms with Crippen molar-refractivity contribution < 1.29 is 9.72 Å². The zero-order valence-corrected chi connectivity index (χ0v) is 12.8. The van der Waals surface area contributed by atoms with Gasteiger partial charge < -0.3 is 10.6 Å². The standard InChI is InChI=1S/C17H14N4O3/c1-11(22)19-12-2-4-13(5-3-12)20-17-8-9-18-16-7-6-14(21(23)24)10-15(16)17/h2-10H,1H3,(H,18,20)(H,19,22). The summed E-state index contributed by atoms with van der Waals surface area (Å²) < 4.78 is 0. The van der Waals surface area contributed by atoms with Crippen LogP contribution in [0.3, 0.4) is 0 Å². The number of hydrogen-bond acceptors (Lipinski definition) is 5. The number of nitro benzene ring substituents is 1. The summed E-state index contributed by atoms with van der Waals surface area (Å²) in [5.41, 5.74) is 2.89. The first-order chi connectivity index (χ1) is 11.5. The molecule has 0 saturated heterocycles. The minimum absolute atomic E-state index is 0.0135. The number of fused-ring (bicyclic) bond motifs is 1. The molecule has 1 aromatic heterocycles. The fourth-order valence-electron chi connectivity index (χ4n) is 2.35. The lowest BCUT2D eigenvalue weighted by Gasteiger charge is -2.10. The highest BCUT2D eigenvalue weighted by Gasteiger charge is 2.10. The number of aromatic nitrogens is 1. The maximum Gasteiger partial charge on any atom is 0.270 e. The number of non-ortho nitro benzene ring substituents is 1. The molecule has 3 aromatic rings. The third-order valence-corrected chi connectivity index (χ3v) is 3.42. The van der Waals surface area contributed by atoms with Crippen molar-refractivity contribution in [2.75, 3.05) is 10.6 Å². The van der Waals surface area contributed by atoms with Crippen LogP contribution < -0.4 is 10.6 Å². The number of nitrogens with one attached hydrogen (secondary N) is 2. The van der Waals surface area contributed by atoms with Gasteiger partial charge in [0.25, 0.3) is 5.69 Å². The Kier molecular flexibility index (Phi) is 4.07. The molecule has 2 N–H and O–H groups in total. The molecule has 1 amide bonds. The zero-order chi connectivity index (χ0) is 17.1. The normalized spacial score (nSPS) is 10.4. The first-order valence-corrected chi connectivity index (χ1v) is 7.21. The molecule has 0 unspecified atom stereocenters. The van der Waals surface area contributed by atoms with Gasteiger partial charge in [0, 0.05) is 47.7 Å². The maximum absolute atomic E-state index is 11.0. The van der Waals surface area contributed by atoms with Crippen LogP contribution in [-0.2, 0) is 4.79 Å². The van der Waals surface area contributed by atoms with E-state index in [9.17, 15) is 14.9 Å². The number of nitrogens with zero attached hydrogens (tertiary/aromatic N) is 2. The van der Waals surface area contributed by atoms with Crippen LogP contribution in [0.2, 0.25) is 0 Å². The van der Waals surface area contributed by atoms with Crippen LogP contribution in [0.25, 0.3) is 10.9 Å². The molecule has 1 heterocycles. The second-order valence-corrected chi connectivity index (χ2v) is 5.20. The van der Waals surface area contributed by atoms with Gasteiger partial charge in [-0.3, -0.25) is 19.9 Å². The number of anilines is 3. The fraction of sp³-hybridized carbons (Fsp3) is 0.0588. The quantitative estimate of drug-likeness (QED) is 0.562. The molecular weight excluding hydrogens is 308 g/mol. The molecule has 7 nitrogen and oxygen atoms in total. The predicted molar refractivity (Wildman–Crippen MR) is 92.4 cm³/mol. The monoisotopic (exact) mass is 322 g/mol. The van der Waals surface area contributed by atoms with Crippen molar-refractivity contribution in [1.82, 2.24) is 4.98 Å². The van der Waals surface area contributed by atoms with E-state index in [1.807, 2.05) is 12.1 Å². The summed E-state index contributed by atoms with van der Waals surface area (Å²) in [6, 6.07) is 13.5. The molecule has 0 spiro atoms. The Morgan fingerprint density at radius 3 is 2.46 bits per heavy atom. The van der Waals surface area contributed by atoms with Crippen molar-refractivity contribution in [2.24, 2.45) is 0 Å². The van der Waals surface area contributed by atoms with Crippen molar-refractivity contribution in [1.29, 1.82) is 0 Å². The molecule has 0 radical (unpaired) electrons. The molecule has 3 rings (SSSR count). The first-order valence-electron chi connectivity index (χ1n) is 7.21. The van der Waals surface area contributed by atoms with Gasteiger partial charge in [-0.25, -0.2) is 0 Å². The van der Waals surface area contributed by atoms with Crippen molar-refractivity contribution in [3.05, 3.63) is 64.8 Å². The van der Waals surface area contributed by atoms with E-state index in [4.69, 9.17) is 0 Å². The lowest BCUT2D eigenvalue weighted by Crippen LogP contribution is -2.05. The Balaban J connectivity index is 1.93. The van der Waals surface area contributed by atoms with Crippen LogP contribution in [0.5, 0.6) is 0 Å². The summed E-state index contributed by atoms with van der Waals surface area (Å²) in [5, 5.41) is 17.5. The second kappa shape index (κ2) is 6.33. The highest BCUT2D eigenvalue weighted by Crippen LogP contribution is 2.28. The van der Waals surface area contributed by atoms with E-state index < -0.39 is 4.92 Å². The van der Waals surface area contributed by atoms with Gasteiger partial charge in [0.15, 0.2) is 0 Å². The smallest absolute Gasteiger partial charge is 0.270 e. The van der Waals surface area contributed by atoms with Gasteiger partial charge >= 0.3 is 0 Å². The lowest BCUT2D eigenvalue weighted by atomic mass is 10.1. The number of benzene rings is 2. The van der Waals surface area contributed by atoms with Gasteiger partial charge in [-0.1, -0.05) is 0 Å². The Morgan fingerprint density at radius 2 is 1.79 bits per heavy atom. The van der Waals surface area contributed by atoms with Crippen molar-refractivity contribution >= 4 is 39.6 Å². The molecular formula is C17H14N4O3. The van der Waals surface area contributed by atoms with E-state index >= 15 is 0 Å². The number of hydrogen-bond donors (Lipinski definition) is 2. The third-order valence-electron chi connectivity index (χ3n) is 3.42. The number of rotatable bonds is 4. The summed E-state index contributed by atoms with van der Waals surface area (Å²) in [6.45, 7) is 1.45. The number of nitro groups is 1. The van der Waals surface area contributed by atoms with Gasteiger partial charge in [-0.15, -0.1) is 0 Å². The topological polar surface area (TPSA) is 97.2 Å². The van der Waals surface area contributed by atoms with Gasteiger partial charge in [0.05, 0.1) is 10.4 Å². The van der Waals surface area contributed by atoms with Gasteiger partial charge in [-0.2, -0.15) is 0 Å². The minimum Gasteiger partial charge on any atom is -0.355 e. The third kappa shape index (κ3) is 3.30. The van der Waals surface area contributed by atoms with E-state index in [-0.39, 0.29) is 11.6 Å². The zero-order valence-electron chi connectivity index (χ0n) is 12.8. The Bertz CT molecular complexity index is 923. The van der Waals surface area contributed by atoms with Crippen LogP contribution in [0, 0.1) is 10.1 Å². The minimum atomic E-state index is -0.432. The molecule has 24 heavy (non-hydrogen) atoms. The Hall–Kier alpha value is -3.48. The molecule has 0 bridgehead atoms. The molecule has 0 aliphatic carbocycles. The number of carbonyl (C=O) groups excluding carboxylic acids is 1. The van der Waals surface area contributed by atoms with Gasteiger partial charge in [-0.05, 0) is 36.4 Å². The molecule has 120 valence electrons. The second-order valence-electron chi connectivity index (χ2n) is 5.20. The highest BCUT2D eigenvalue weighted by atomic mass is 16.6. The SMILES string of the molecule is CC(=O)Nc1ccc(Nc2ccnc3ccc([N+](=O)[O-])cc23)cc1. The molecule has 0 fully saturated rings. The Labute approximate surface area is 137 Å². The van der Waals surface area contributed by atoms with E-state index in [1.54, 1.807) is 30.5 Å². The van der Waals surface area contributed by atoms with Crippen LogP contribution >= 0.6 is 0 Å². The summed E-state index contributed by atoms with van der Waals surface area (Å²) in [7, 11) is 0. The Morgan fingerprint density at radius 1 is 1.08 bits per heavy atom. The van der Waals surface area contributed by atoms with Crippen LogP contribution in [0.4, 0.5) is 22.7 Å². The maximum atomic E-state index is 11.0. The molecule has 2 aromatic carbocycles. The number of carbonyl (C=O) groups is 1. The summed E-state index contributed by atoms with van der Waals surface area (Å²) in [4.78, 5) is 25.8.